The number of epoxide rings is 1. The average molecular weight is 602 g/mol. The van der Waals surface area contributed by atoms with E-state index in [0.29, 0.717) is 23.8 Å². The van der Waals surface area contributed by atoms with Gasteiger partial charge in [0.25, 0.3) is 5.91 Å². The smallest absolute Gasteiger partial charge is 0.265 e. The number of nitrogens with one attached hydrogen (secondary N) is 3. The van der Waals surface area contributed by atoms with Crippen molar-refractivity contribution in [2.45, 2.75) is 62.8 Å². The molecular weight excluding hydrogens is 562 g/mol. The number of hydrogen-bond donors (Lipinski definition) is 3. The number of Topliss-reactive ketones (excluding diaryl/α,β-unsaturated/α-hetero) is 1. The molecule has 228 valence electrons. The largest absolute Gasteiger partial charge is 0.492 e. The second-order valence-electron chi connectivity index (χ2n) is 10.6. The van der Waals surface area contributed by atoms with Crippen molar-refractivity contribution in [2.75, 3.05) is 40.1 Å². The molecule has 12 heteroatoms. The number of methoxy groups -OCH3 is 1. The molecule has 0 bridgehead atoms. The summed E-state index contributed by atoms with van der Waals surface area (Å²) in [5.41, 5.74) is -0.0847. The number of carbonyl (C=O) groups excluding carboxylic acids is 4. The molecule has 1 saturated heterocycles. The van der Waals surface area contributed by atoms with Gasteiger partial charge in [-0.3, -0.25) is 19.2 Å². The predicted octanol–water partition coefficient (Wildman–Crippen LogP) is 2.03. The highest BCUT2D eigenvalue weighted by Gasteiger charge is 2.50. The van der Waals surface area contributed by atoms with Crippen LogP contribution in [0.4, 0.5) is 0 Å². The number of carbonyl (C=O) groups is 4. The Morgan fingerprint density at radius 2 is 1.83 bits per heavy atom. The summed E-state index contributed by atoms with van der Waals surface area (Å²) in [6, 6.07) is 8.00. The van der Waals surface area contributed by atoms with Crippen molar-refractivity contribution >= 4 is 34.8 Å². The maximum Gasteiger partial charge on any atom is 0.265 e. The van der Waals surface area contributed by atoms with Crippen LogP contribution in [0.2, 0.25) is 0 Å². The van der Waals surface area contributed by atoms with Gasteiger partial charge in [-0.15, -0.1) is 11.3 Å². The van der Waals surface area contributed by atoms with Crippen LogP contribution in [0.15, 0.2) is 41.8 Å². The van der Waals surface area contributed by atoms with E-state index in [9.17, 15) is 19.2 Å². The molecule has 4 rings (SSSR count). The van der Waals surface area contributed by atoms with E-state index in [1.54, 1.807) is 18.4 Å². The molecule has 2 aromatic rings. The quantitative estimate of drug-likeness (QED) is 0.390. The van der Waals surface area contributed by atoms with Gasteiger partial charge in [0.2, 0.25) is 11.8 Å². The van der Waals surface area contributed by atoms with Gasteiger partial charge in [-0.1, -0.05) is 36.8 Å². The van der Waals surface area contributed by atoms with Crippen LogP contribution in [-0.4, -0.2) is 87.4 Å². The maximum atomic E-state index is 13.6. The second-order valence-corrected chi connectivity index (χ2v) is 11.5. The fourth-order valence-corrected chi connectivity index (χ4v) is 5.34. The van der Waals surface area contributed by atoms with Gasteiger partial charge >= 0.3 is 0 Å². The fourth-order valence-electron chi connectivity index (χ4n) is 4.60. The third-order valence-corrected chi connectivity index (χ3v) is 8.06. The number of ketones is 1. The molecule has 1 aromatic carbocycles. The molecule has 4 atom stereocenters. The van der Waals surface area contributed by atoms with Crippen molar-refractivity contribution in [3.05, 3.63) is 52.2 Å². The van der Waals surface area contributed by atoms with Crippen LogP contribution < -0.4 is 20.7 Å². The van der Waals surface area contributed by atoms with Crippen LogP contribution >= 0.6 is 11.3 Å². The summed E-state index contributed by atoms with van der Waals surface area (Å²) >= 11 is 1.21. The lowest BCUT2D eigenvalue weighted by molar-refractivity contribution is -0.134. The average Bonchev–Trinajstić information content (AvgIpc) is 3.56. The zero-order valence-corrected chi connectivity index (χ0v) is 24.8. The van der Waals surface area contributed by atoms with Crippen LogP contribution in [0.5, 0.6) is 5.75 Å². The van der Waals surface area contributed by atoms with Crippen LogP contribution in [0.3, 0.4) is 0 Å². The van der Waals surface area contributed by atoms with Crippen molar-refractivity contribution in [1.29, 1.82) is 0 Å². The number of hydrogen-bond acceptors (Lipinski definition) is 9. The molecule has 3 heterocycles. The van der Waals surface area contributed by atoms with Crippen molar-refractivity contribution < 1.29 is 38.1 Å². The SMILES string of the molecule is COC[C@@H]1NC(=O)c2sccc2OCCCCCCOC[C@@H](C(=O)N[C@@H](Cc2ccccc2)C(=O)[C@@]2(C)CO2)NC1=O. The molecule has 0 spiro atoms. The second kappa shape index (κ2) is 15.2. The third kappa shape index (κ3) is 8.84. The summed E-state index contributed by atoms with van der Waals surface area (Å²) in [5.74, 6) is -1.46. The monoisotopic (exact) mass is 601 g/mol. The minimum Gasteiger partial charge on any atom is -0.492 e. The van der Waals surface area contributed by atoms with E-state index in [2.05, 4.69) is 16.0 Å². The number of benzene rings is 1. The van der Waals surface area contributed by atoms with Gasteiger partial charge in [0.15, 0.2) is 5.78 Å². The van der Waals surface area contributed by atoms with Crippen molar-refractivity contribution in [2.24, 2.45) is 0 Å². The molecule has 11 nitrogen and oxygen atoms in total. The Hall–Kier alpha value is -3.32. The Labute approximate surface area is 249 Å². The molecule has 3 N–H and O–H groups in total. The lowest BCUT2D eigenvalue weighted by Gasteiger charge is -2.26. The first kappa shape index (κ1) is 31.6. The van der Waals surface area contributed by atoms with E-state index in [-0.39, 0.29) is 32.0 Å². The highest BCUT2D eigenvalue weighted by atomic mass is 32.1. The molecule has 1 aromatic heterocycles. The van der Waals surface area contributed by atoms with Gasteiger partial charge < -0.3 is 34.9 Å². The highest BCUT2D eigenvalue weighted by molar-refractivity contribution is 7.12. The first-order chi connectivity index (χ1) is 20.3. The number of fused-ring (bicyclic) bond motifs is 1. The molecule has 0 radical (unpaired) electrons. The zero-order chi connectivity index (χ0) is 30.0. The van der Waals surface area contributed by atoms with Gasteiger partial charge in [0.1, 0.15) is 28.3 Å². The number of rotatable bonds is 8. The summed E-state index contributed by atoms with van der Waals surface area (Å²) in [6.07, 6.45) is 3.65. The topological polar surface area (TPSA) is 145 Å². The summed E-state index contributed by atoms with van der Waals surface area (Å²) in [7, 11) is 1.41. The summed E-state index contributed by atoms with van der Waals surface area (Å²) in [6.45, 7) is 2.61. The van der Waals surface area contributed by atoms with E-state index < -0.39 is 41.4 Å². The predicted molar refractivity (Wildman–Crippen MR) is 156 cm³/mol. The first-order valence-electron chi connectivity index (χ1n) is 14.2. The lowest BCUT2D eigenvalue weighted by atomic mass is 9.94. The molecule has 2 aliphatic heterocycles. The number of amides is 3. The fraction of sp³-hybridized carbons (Fsp3) is 0.533. The molecular formula is C30H39N3O8S. The Kier molecular flexibility index (Phi) is 11.5. The van der Waals surface area contributed by atoms with Crippen molar-refractivity contribution in [3.8, 4) is 5.75 Å². The Bertz CT molecular complexity index is 1220. The Morgan fingerprint density at radius 1 is 1.10 bits per heavy atom. The zero-order valence-electron chi connectivity index (χ0n) is 24.0. The molecule has 0 aliphatic carbocycles. The van der Waals surface area contributed by atoms with Crippen LogP contribution in [-0.2, 0) is 35.0 Å². The summed E-state index contributed by atoms with van der Waals surface area (Å²) < 4.78 is 22.2. The minimum atomic E-state index is -1.12. The van der Waals surface area contributed by atoms with E-state index in [4.69, 9.17) is 18.9 Å². The van der Waals surface area contributed by atoms with Gasteiger partial charge in [0.05, 0.1) is 32.5 Å². The Morgan fingerprint density at radius 3 is 2.55 bits per heavy atom. The van der Waals surface area contributed by atoms with E-state index in [0.717, 1.165) is 31.2 Å². The standard InChI is InChI=1S/C30H39N3O8S/c1-30(19-41-30)26(34)21(16-20-10-6-5-7-11-20)31-28(36)23-18-39-13-8-3-4-9-14-40-24-12-15-42-25(24)29(37)33-22(17-38-2)27(35)32-23/h5-7,10-12,15,21-23H,3-4,8-9,13-14,16-19H2,1-2H3,(H,31,36)(H,32,35)(H,33,37)/t21-,22-,23-,30+/m0/s1. The molecule has 3 amide bonds. The summed E-state index contributed by atoms with van der Waals surface area (Å²) in [5, 5.41) is 9.99. The minimum absolute atomic E-state index is 0.108. The molecule has 1 fully saturated rings. The van der Waals surface area contributed by atoms with E-state index >= 15 is 0 Å². The summed E-state index contributed by atoms with van der Waals surface area (Å²) in [4.78, 5) is 53.7. The first-order valence-corrected chi connectivity index (χ1v) is 15.1. The highest BCUT2D eigenvalue weighted by Crippen LogP contribution is 2.29. The van der Waals surface area contributed by atoms with Crippen molar-refractivity contribution in [1.82, 2.24) is 16.0 Å². The van der Waals surface area contributed by atoms with Gasteiger partial charge in [-0.05, 0) is 49.6 Å². The van der Waals surface area contributed by atoms with Gasteiger partial charge in [-0.25, -0.2) is 0 Å². The van der Waals surface area contributed by atoms with Crippen molar-refractivity contribution in [3.63, 3.8) is 0 Å². The van der Waals surface area contributed by atoms with Crippen LogP contribution in [0.1, 0.15) is 47.8 Å². The molecule has 0 saturated carbocycles. The number of ether oxygens (including phenoxy) is 4. The van der Waals surface area contributed by atoms with Gasteiger partial charge in [-0.2, -0.15) is 0 Å². The Balaban J connectivity index is 1.52. The van der Waals surface area contributed by atoms with Crippen LogP contribution in [0, 0.1) is 0 Å². The lowest BCUT2D eigenvalue weighted by Crippen LogP contribution is -2.59. The molecule has 42 heavy (non-hydrogen) atoms. The maximum absolute atomic E-state index is 13.6. The number of thiophene rings is 1. The van der Waals surface area contributed by atoms with Crippen LogP contribution in [0.25, 0.3) is 0 Å². The molecule has 2 aliphatic rings. The normalized spacial score (nSPS) is 24.6. The molecule has 0 unspecified atom stereocenters. The van der Waals surface area contributed by atoms with E-state index in [1.165, 1.54) is 18.4 Å². The third-order valence-electron chi connectivity index (χ3n) is 7.16. The van der Waals surface area contributed by atoms with E-state index in [1.807, 2.05) is 30.3 Å². The van der Waals surface area contributed by atoms with Gasteiger partial charge in [0, 0.05) is 13.7 Å².